The van der Waals surface area contributed by atoms with Crippen LogP contribution in [0.4, 0.5) is 0 Å². The predicted octanol–water partition coefficient (Wildman–Crippen LogP) is 4.80. The average molecular weight is 453 g/mol. The van der Waals surface area contributed by atoms with E-state index < -0.39 is 0 Å². The molecule has 0 radical (unpaired) electrons. The van der Waals surface area contributed by atoms with Crippen LogP contribution in [0.15, 0.2) is 39.1 Å². The molecule has 0 atom stereocenters. The molecule has 0 amide bonds. The van der Waals surface area contributed by atoms with Gasteiger partial charge in [-0.1, -0.05) is 30.7 Å². The van der Waals surface area contributed by atoms with E-state index in [2.05, 4.69) is 0 Å². The zero-order valence-corrected chi connectivity index (χ0v) is 19.5. The molecule has 0 N–H and O–H groups in total. The van der Waals surface area contributed by atoms with Gasteiger partial charge in [0, 0.05) is 28.9 Å². The third-order valence-corrected chi connectivity index (χ3v) is 8.27. The van der Waals surface area contributed by atoms with Gasteiger partial charge in [0.25, 0.3) is 11.1 Å². The zero-order valence-electron chi connectivity index (χ0n) is 17.8. The molecular weight excluding hydrogens is 428 g/mol. The summed E-state index contributed by atoms with van der Waals surface area (Å²) in [6, 6.07) is 5.58. The van der Waals surface area contributed by atoms with Gasteiger partial charge in [-0.3, -0.25) is 18.6 Å². The minimum absolute atomic E-state index is 0.0728. The SMILES string of the molecule is Cc1sc2nc(SCc3cc(=O)n4cccc(C)c4n3)n(C3CCCC3)c(=O)c2c1C. The Labute approximate surface area is 188 Å². The van der Waals surface area contributed by atoms with Gasteiger partial charge < -0.3 is 0 Å². The number of aryl methyl sites for hydroxylation is 3. The quantitative estimate of drug-likeness (QED) is 0.329. The Kier molecular flexibility index (Phi) is 5.22. The zero-order chi connectivity index (χ0) is 21.7. The molecule has 0 aromatic carbocycles. The summed E-state index contributed by atoms with van der Waals surface area (Å²) in [5, 5.41) is 1.49. The number of thioether (sulfide) groups is 1. The minimum atomic E-state index is -0.0922. The van der Waals surface area contributed by atoms with Crippen molar-refractivity contribution >= 4 is 39.0 Å². The second-order valence-electron chi connectivity index (χ2n) is 8.23. The molecule has 1 fully saturated rings. The van der Waals surface area contributed by atoms with Crippen molar-refractivity contribution in [2.24, 2.45) is 0 Å². The van der Waals surface area contributed by atoms with E-state index in [0.29, 0.717) is 17.1 Å². The van der Waals surface area contributed by atoms with Crippen molar-refractivity contribution in [3.8, 4) is 0 Å². The van der Waals surface area contributed by atoms with Gasteiger partial charge >= 0.3 is 0 Å². The Balaban J connectivity index is 1.58. The summed E-state index contributed by atoms with van der Waals surface area (Å²) in [6.07, 6.45) is 6.05. The highest BCUT2D eigenvalue weighted by atomic mass is 32.2. The number of nitrogens with zero attached hydrogens (tertiary/aromatic N) is 4. The topological polar surface area (TPSA) is 69.3 Å². The van der Waals surface area contributed by atoms with Gasteiger partial charge in [0.1, 0.15) is 10.5 Å². The fourth-order valence-corrected chi connectivity index (χ4v) is 6.42. The van der Waals surface area contributed by atoms with Crippen molar-refractivity contribution in [2.45, 2.75) is 63.4 Å². The van der Waals surface area contributed by atoms with Crippen molar-refractivity contribution in [2.75, 3.05) is 0 Å². The van der Waals surface area contributed by atoms with Crippen LogP contribution in [0.25, 0.3) is 15.9 Å². The molecule has 0 bridgehead atoms. The monoisotopic (exact) mass is 452 g/mol. The highest BCUT2D eigenvalue weighted by Gasteiger charge is 2.25. The smallest absolute Gasteiger partial charge is 0.263 e. The molecule has 5 rings (SSSR count). The Hall–Kier alpha value is -2.45. The summed E-state index contributed by atoms with van der Waals surface area (Å²) in [4.78, 5) is 37.6. The fourth-order valence-electron chi connectivity index (χ4n) is 4.40. The Morgan fingerprint density at radius 1 is 1.16 bits per heavy atom. The van der Waals surface area contributed by atoms with Gasteiger partial charge in [0.2, 0.25) is 0 Å². The molecule has 1 aliphatic carbocycles. The van der Waals surface area contributed by atoms with Gasteiger partial charge in [-0.05, 0) is 50.8 Å². The van der Waals surface area contributed by atoms with E-state index in [-0.39, 0.29) is 17.2 Å². The highest BCUT2D eigenvalue weighted by molar-refractivity contribution is 7.98. The van der Waals surface area contributed by atoms with Crippen LogP contribution in [0.2, 0.25) is 0 Å². The van der Waals surface area contributed by atoms with E-state index in [1.165, 1.54) is 11.8 Å². The van der Waals surface area contributed by atoms with Gasteiger partial charge in [-0.15, -0.1) is 11.3 Å². The lowest BCUT2D eigenvalue weighted by molar-refractivity contribution is 0.458. The van der Waals surface area contributed by atoms with E-state index in [1.807, 2.05) is 37.5 Å². The second kappa shape index (κ2) is 7.91. The lowest BCUT2D eigenvalue weighted by Crippen LogP contribution is -2.26. The lowest BCUT2D eigenvalue weighted by atomic mass is 10.2. The second-order valence-corrected chi connectivity index (χ2v) is 10.4. The van der Waals surface area contributed by atoms with Crippen molar-refractivity contribution in [3.63, 3.8) is 0 Å². The van der Waals surface area contributed by atoms with Crippen molar-refractivity contribution in [1.29, 1.82) is 0 Å². The van der Waals surface area contributed by atoms with E-state index in [0.717, 1.165) is 57.1 Å². The van der Waals surface area contributed by atoms with E-state index in [9.17, 15) is 9.59 Å². The molecule has 0 unspecified atom stereocenters. The van der Waals surface area contributed by atoms with Gasteiger partial charge in [0.05, 0.1) is 11.1 Å². The number of fused-ring (bicyclic) bond motifs is 2. The Morgan fingerprint density at radius 3 is 2.71 bits per heavy atom. The number of pyridine rings is 1. The summed E-state index contributed by atoms with van der Waals surface area (Å²) < 4.78 is 3.48. The number of aromatic nitrogens is 4. The normalized spacial score (nSPS) is 14.8. The molecule has 6 nitrogen and oxygen atoms in total. The maximum Gasteiger partial charge on any atom is 0.263 e. The van der Waals surface area contributed by atoms with Crippen molar-refractivity contribution in [1.82, 2.24) is 18.9 Å². The van der Waals surface area contributed by atoms with E-state index in [1.54, 1.807) is 28.0 Å². The first kappa shape index (κ1) is 20.5. The molecule has 8 heteroatoms. The lowest BCUT2D eigenvalue weighted by Gasteiger charge is -2.18. The summed E-state index contributed by atoms with van der Waals surface area (Å²) in [5.41, 5.74) is 3.36. The number of rotatable bonds is 4. The number of hydrogen-bond donors (Lipinski definition) is 0. The molecule has 4 heterocycles. The molecule has 0 saturated heterocycles. The maximum atomic E-state index is 13.5. The number of hydrogen-bond acceptors (Lipinski definition) is 6. The van der Waals surface area contributed by atoms with Crippen LogP contribution >= 0.6 is 23.1 Å². The first-order valence-corrected chi connectivity index (χ1v) is 12.4. The molecule has 4 aromatic heterocycles. The molecule has 0 aliphatic heterocycles. The van der Waals surface area contributed by atoms with Crippen molar-refractivity contribution in [3.05, 3.63) is 66.8 Å². The van der Waals surface area contributed by atoms with Crippen molar-refractivity contribution < 1.29 is 0 Å². The summed E-state index contributed by atoms with van der Waals surface area (Å²) in [6.45, 7) is 6.01. The van der Waals surface area contributed by atoms with Gasteiger partial charge in [-0.25, -0.2) is 9.97 Å². The summed E-state index contributed by atoms with van der Waals surface area (Å²) >= 11 is 3.08. The van der Waals surface area contributed by atoms with Gasteiger partial charge in [-0.2, -0.15) is 0 Å². The standard InChI is InChI=1S/C23H24N4O2S2/c1-13-7-6-10-26-18(28)11-16(24-20(13)26)12-30-23-25-21-19(14(2)15(3)31-21)22(29)27(23)17-8-4-5-9-17/h6-7,10-11,17H,4-5,8-9,12H2,1-3H3. The van der Waals surface area contributed by atoms with E-state index in [4.69, 9.17) is 9.97 Å². The molecular formula is C23H24N4O2S2. The van der Waals surface area contributed by atoms with Crippen LogP contribution in [0.3, 0.4) is 0 Å². The van der Waals surface area contributed by atoms with Crippen LogP contribution in [0.5, 0.6) is 0 Å². The third kappa shape index (κ3) is 3.51. The molecule has 1 aliphatic rings. The van der Waals surface area contributed by atoms with Crippen LogP contribution in [-0.2, 0) is 5.75 Å². The highest BCUT2D eigenvalue weighted by Crippen LogP contribution is 2.35. The molecule has 160 valence electrons. The van der Waals surface area contributed by atoms with Crippen LogP contribution in [-0.4, -0.2) is 18.9 Å². The average Bonchev–Trinajstić information content (AvgIpc) is 3.36. The maximum absolute atomic E-state index is 13.5. The van der Waals surface area contributed by atoms with E-state index >= 15 is 0 Å². The van der Waals surface area contributed by atoms with Gasteiger partial charge in [0.15, 0.2) is 5.16 Å². The Bertz CT molecular complexity index is 1430. The largest absolute Gasteiger partial charge is 0.284 e. The predicted molar refractivity (Wildman–Crippen MR) is 127 cm³/mol. The minimum Gasteiger partial charge on any atom is -0.284 e. The van der Waals surface area contributed by atoms with Crippen LogP contribution in [0.1, 0.15) is 53.4 Å². The first-order chi connectivity index (χ1) is 14.9. The third-order valence-electron chi connectivity index (χ3n) is 6.18. The summed E-state index contributed by atoms with van der Waals surface area (Å²) in [7, 11) is 0. The molecule has 1 saturated carbocycles. The van der Waals surface area contributed by atoms with Crippen LogP contribution in [0, 0.1) is 20.8 Å². The first-order valence-electron chi connectivity index (χ1n) is 10.6. The Morgan fingerprint density at radius 2 is 1.94 bits per heavy atom. The van der Waals surface area contributed by atoms with Crippen LogP contribution < -0.4 is 11.1 Å². The molecule has 4 aromatic rings. The molecule has 0 spiro atoms. The fraction of sp³-hybridized carbons (Fsp3) is 0.391. The summed E-state index contributed by atoms with van der Waals surface area (Å²) in [5.74, 6) is 0.494. The molecule has 31 heavy (non-hydrogen) atoms. The number of thiophene rings is 1.